The molecule has 128 valence electrons. The zero-order valence-electron chi connectivity index (χ0n) is 13.9. The molecule has 1 aliphatic rings. The normalized spacial score (nSPS) is 20.4. The van der Waals surface area contributed by atoms with Crippen molar-refractivity contribution in [3.63, 3.8) is 0 Å². The second kappa shape index (κ2) is 10.6. The third-order valence-corrected chi connectivity index (χ3v) is 3.63. The first-order chi connectivity index (χ1) is 10.5. The van der Waals surface area contributed by atoms with E-state index in [1.165, 1.54) is 0 Å². The molecule has 1 fully saturated rings. The second-order valence-corrected chi connectivity index (χ2v) is 5.69. The summed E-state index contributed by atoms with van der Waals surface area (Å²) in [4.78, 5) is 23.7. The van der Waals surface area contributed by atoms with E-state index >= 15 is 0 Å². The Morgan fingerprint density at radius 1 is 1.27 bits per heavy atom. The molecule has 0 aromatic carbocycles. The highest BCUT2D eigenvalue weighted by atomic mass is 16.6. The highest BCUT2D eigenvalue weighted by Crippen LogP contribution is 2.13. The van der Waals surface area contributed by atoms with Crippen LogP contribution in [0.4, 0.5) is 0 Å². The molecule has 6 heteroatoms. The summed E-state index contributed by atoms with van der Waals surface area (Å²) >= 11 is 0. The van der Waals surface area contributed by atoms with Crippen molar-refractivity contribution in [2.45, 2.75) is 71.2 Å². The van der Waals surface area contributed by atoms with E-state index in [1.807, 2.05) is 0 Å². The molecule has 6 nitrogen and oxygen atoms in total. The largest absolute Gasteiger partial charge is 0.451 e. The van der Waals surface area contributed by atoms with Crippen LogP contribution >= 0.6 is 0 Å². The van der Waals surface area contributed by atoms with Gasteiger partial charge in [-0.1, -0.05) is 19.8 Å². The number of carbonyl (C=O) groups is 2. The maximum absolute atomic E-state index is 11.9. The van der Waals surface area contributed by atoms with Crippen LogP contribution in [0.1, 0.15) is 52.9 Å². The number of hydrogen-bond donors (Lipinski definition) is 1. The zero-order chi connectivity index (χ0) is 16.4. The lowest BCUT2D eigenvalue weighted by Gasteiger charge is -2.18. The van der Waals surface area contributed by atoms with Gasteiger partial charge in [0.05, 0.1) is 12.7 Å². The Hall–Kier alpha value is -1.14. The molecule has 1 heterocycles. The van der Waals surface area contributed by atoms with E-state index in [-0.39, 0.29) is 12.0 Å². The topological polar surface area (TPSA) is 73.9 Å². The van der Waals surface area contributed by atoms with Crippen molar-refractivity contribution in [2.24, 2.45) is 0 Å². The first-order valence-corrected chi connectivity index (χ1v) is 8.26. The highest BCUT2D eigenvalue weighted by Gasteiger charge is 2.24. The molecule has 3 atom stereocenters. The Labute approximate surface area is 132 Å². The molecule has 0 aromatic heterocycles. The van der Waals surface area contributed by atoms with Crippen LogP contribution in [0.25, 0.3) is 0 Å². The summed E-state index contributed by atoms with van der Waals surface area (Å²) in [5.41, 5.74) is 0. The average molecular weight is 315 g/mol. The average Bonchev–Trinajstić information content (AvgIpc) is 3.02. The number of esters is 1. The van der Waals surface area contributed by atoms with E-state index in [0.29, 0.717) is 13.2 Å². The lowest BCUT2D eigenvalue weighted by atomic mass is 10.2. The van der Waals surface area contributed by atoms with Crippen molar-refractivity contribution in [3.05, 3.63) is 0 Å². The summed E-state index contributed by atoms with van der Waals surface area (Å²) in [7, 11) is 0. The molecule has 1 N–H and O–H groups in total. The summed E-state index contributed by atoms with van der Waals surface area (Å²) in [6, 6.07) is 0. The predicted octanol–water partition coefficient (Wildman–Crippen LogP) is 1.81. The minimum absolute atomic E-state index is 0.0644. The van der Waals surface area contributed by atoms with Gasteiger partial charge in [-0.3, -0.25) is 4.79 Å². The Balaban J connectivity index is 2.19. The van der Waals surface area contributed by atoms with Crippen molar-refractivity contribution >= 4 is 11.9 Å². The van der Waals surface area contributed by atoms with Crippen LogP contribution in [0.15, 0.2) is 0 Å². The summed E-state index contributed by atoms with van der Waals surface area (Å²) < 4.78 is 16.0. The van der Waals surface area contributed by atoms with E-state index in [9.17, 15) is 9.59 Å². The maximum Gasteiger partial charge on any atom is 0.335 e. The van der Waals surface area contributed by atoms with Gasteiger partial charge in [-0.05, 0) is 33.1 Å². The van der Waals surface area contributed by atoms with E-state index in [2.05, 4.69) is 12.2 Å². The van der Waals surface area contributed by atoms with Crippen LogP contribution < -0.4 is 5.32 Å². The number of hydrogen-bond acceptors (Lipinski definition) is 5. The Kier molecular flexibility index (Phi) is 9.08. The SMILES string of the molecule is CCCCCNC(=O)C(C)OC(=O)C(C)OCC1CCCO1. The zero-order valence-corrected chi connectivity index (χ0v) is 13.9. The fourth-order valence-electron chi connectivity index (χ4n) is 2.15. The van der Waals surface area contributed by atoms with Gasteiger partial charge < -0.3 is 19.5 Å². The molecule has 1 rings (SSSR count). The Bertz CT molecular complexity index is 341. The molecule has 0 aliphatic carbocycles. The van der Waals surface area contributed by atoms with Crippen LogP contribution in [-0.4, -0.2) is 49.9 Å². The molecule has 1 aliphatic heterocycles. The molecule has 1 saturated heterocycles. The van der Waals surface area contributed by atoms with Gasteiger partial charge in [-0.15, -0.1) is 0 Å². The van der Waals surface area contributed by atoms with Crippen molar-refractivity contribution in [2.75, 3.05) is 19.8 Å². The van der Waals surface area contributed by atoms with E-state index in [0.717, 1.165) is 38.7 Å². The van der Waals surface area contributed by atoms with Crippen molar-refractivity contribution < 1.29 is 23.8 Å². The monoisotopic (exact) mass is 315 g/mol. The summed E-state index contributed by atoms with van der Waals surface area (Å²) in [5.74, 6) is -0.787. The molecule has 22 heavy (non-hydrogen) atoms. The fraction of sp³-hybridized carbons (Fsp3) is 0.875. The van der Waals surface area contributed by atoms with Gasteiger partial charge in [-0.2, -0.15) is 0 Å². The quantitative estimate of drug-likeness (QED) is 0.491. The van der Waals surface area contributed by atoms with Crippen LogP contribution in [0, 0.1) is 0 Å². The van der Waals surface area contributed by atoms with Crippen LogP contribution in [-0.2, 0) is 23.8 Å². The molecule has 1 amide bonds. The highest BCUT2D eigenvalue weighted by molar-refractivity contribution is 5.84. The predicted molar refractivity (Wildman–Crippen MR) is 82.5 cm³/mol. The summed E-state index contributed by atoms with van der Waals surface area (Å²) in [6.07, 6.45) is 3.66. The number of nitrogens with one attached hydrogen (secondary N) is 1. The molecule has 0 aromatic rings. The van der Waals surface area contributed by atoms with Crippen molar-refractivity contribution in [3.8, 4) is 0 Å². The molecular weight excluding hydrogens is 286 g/mol. The van der Waals surface area contributed by atoms with E-state index < -0.39 is 18.2 Å². The minimum Gasteiger partial charge on any atom is -0.451 e. The maximum atomic E-state index is 11.9. The third kappa shape index (κ3) is 7.22. The number of amides is 1. The standard InChI is InChI=1S/C16H29NO5/c1-4-5-6-9-17-15(18)12(2)22-16(19)13(3)21-11-14-8-7-10-20-14/h12-14H,4-11H2,1-3H3,(H,17,18). The van der Waals surface area contributed by atoms with Crippen LogP contribution in [0.5, 0.6) is 0 Å². The molecule has 0 spiro atoms. The molecular formula is C16H29NO5. The van der Waals surface area contributed by atoms with Crippen LogP contribution in [0.3, 0.4) is 0 Å². The summed E-state index contributed by atoms with van der Waals surface area (Å²) in [6.45, 7) is 7.04. The van der Waals surface area contributed by atoms with Gasteiger partial charge >= 0.3 is 5.97 Å². The van der Waals surface area contributed by atoms with Gasteiger partial charge in [-0.25, -0.2) is 4.79 Å². The first-order valence-electron chi connectivity index (χ1n) is 8.26. The molecule has 0 saturated carbocycles. The number of carbonyl (C=O) groups excluding carboxylic acids is 2. The first kappa shape index (κ1) is 18.9. The van der Waals surface area contributed by atoms with Crippen molar-refractivity contribution in [1.82, 2.24) is 5.32 Å². The van der Waals surface area contributed by atoms with Crippen LogP contribution in [0.2, 0.25) is 0 Å². The van der Waals surface area contributed by atoms with E-state index in [1.54, 1.807) is 13.8 Å². The number of rotatable bonds is 10. The van der Waals surface area contributed by atoms with Crippen molar-refractivity contribution in [1.29, 1.82) is 0 Å². The van der Waals surface area contributed by atoms with Gasteiger partial charge in [0.1, 0.15) is 0 Å². The molecule has 3 unspecified atom stereocenters. The molecule has 0 bridgehead atoms. The minimum atomic E-state index is -0.803. The van der Waals surface area contributed by atoms with E-state index in [4.69, 9.17) is 14.2 Å². The molecule has 0 radical (unpaired) electrons. The lowest BCUT2D eigenvalue weighted by Crippen LogP contribution is -2.39. The second-order valence-electron chi connectivity index (χ2n) is 5.69. The third-order valence-electron chi connectivity index (χ3n) is 3.63. The summed E-state index contributed by atoms with van der Waals surface area (Å²) in [5, 5.41) is 2.76. The fourth-order valence-corrected chi connectivity index (χ4v) is 2.15. The lowest BCUT2D eigenvalue weighted by molar-refractivity contribution is -0.166. The van der Waals surface area contributed by atoms with Gasteiger partial charge in [0, 0.05) is 13.2 Å². The van der Waals surface area contributed by atoms with Gasteiger partial charge in [0.2, 0.25) is 0 Å². The number of unbranched alkanes of at least 4 members (excludes halogenated alkanes) is 2. The number of ether oxygens (including phenoxy) is 3. The van der Waals surface area contributed by atoms with Gasteiger partial charge in [0.15, 0.2) is 12.2 Å². The smallest absolute Gasteiger partial charge is 0.335 e. The van der Waals surface area contributed by atoms with Gasteiger partial charge in [0.25, 0.3) is 5.91 Å². The Morgan fingerprint density at radius 2 is 2.05 bits per heavy atom. The Morgan fingerprint density at radius 3 is 2.68 bits per heavy atom.